The van der Waals surface area contributed by atoms with Crippen molar-refractivity contribution in [1.29, 1.82) is 0 Å². The van der Waals surface area contributed by atoms with E-state index in [1.54, 1.807) is 14.2 Å². The first kappa shape index (κ1) is 25.8. The Kier molecular flexibility index (Phi) is 15.1. The van der Waals surface area contributed by atoms with E-state index in [0.29, 0.717) is 12.4 Å². The summed E-state index contributed by atoms with van der Waals surface area (Å²) in [4.78, 5) is 6.52. The number of anilines is 1. The minimum Gasteiger partial charge on any atom is -0.493 e. The smallest absolute Gasteiger partial charge is 0.195 e. The highest BCUT2D eigenvalue weighted by atomic mass is 127. The Morgan fingerprint density at radius 2 is 1.78 bits per heavy atom. The van der Waals surface area contributed by atoms with Crippen molar-refractivity contribution in [3.63, 3.8) is 0 Å². The first-order valence-corrected chi connectivity index (χ1v) is 9.54. The van der Waals surface area contributed by atoms with Gasteiger partial charge in [-0.1, -0.05) is 19.3 Å². The Morgan fingerprint density at radius 1 is 1.07 bits per heavy atom. The zero-order chi connectivity index (χ0) is 19.2. The molecule has 156 valence electrons. The van der Waals surface area contributed by atoms with E-state index in [0.717, 1.165) is 30.4 Å². The van der Waals surface area contributed by atoms with Gasteiger partial charge in [-0.15, -0.1) is 24.0 Å². The Labute approximate surface area is 182 Å². The molecule has 0 unspecified atom stereocenters. The normalized spacial score (nSPS) is 11.1. The van der Waals surface area contributed by atoms with Crippen molar-refractivity contribution in [1.82, 2.24) is 10.2 Å². The lowest BCUT2D eigenvalue weighted by atomic mass is 10.1. The van der Waals surface area contributed by atoms with E-state index in [2.05, 4.69) is 34.6 Å². The summed E-state index contributed by atoms with van der Waals surface area (Å²) in [6, 6.07) is 5.79. The van der Waals surface area contributed by atoms with E-state index < -0.39 is 0 Å². The van der Waals surface area contributed by atoms with E-state index in [4.69, 9.17) is 9.47 Å². The van der Waals surface area contributed by atoms with Crippen LogP contribution in [0.1, 0.15) is 39.0 Å². The van der Waals surface area contributed by atoms with Gasteiger partial charge in [0.25, 0.3) is 0 Å². The van der Waals surface area contributed by atoms with Crippen molar-refractivity contribution in [3.05, 3.63) is 18.2 Å². The largest absolute Gasteiger partial charge is 0.493 e. The number of nitrogens with one attached hydrogen (secondary N) is 2. The van der Waals surface area contributed by atoms with Crippen LogP contribution in [0.15, 0.2) is 23.2 Å². The molecule has 1 rings (SSSR count). The average molecular weight is 492 g/mol. The molecular weight excluding hydrogens is 455 g/mol. The van der Waals surface area contributed by atoms with Crippen LogP contribution in [0.4, 0.5) is 5.69 Å². The Hall–Kier alpha value is -1.22. The molecule has 1 aromatic carbocycles. The molecule has 0 radical (unpaired) electrons. The molecule has 0 aromatic heterocycles. The monoisotopic (exact) mass is 492 g/mol. The lowest BCUT2D eigenvalue weighted by Gasteiger charge is -2.14. The molecule has 7 heteroatoms. The van der Waals surface area contributed by atoms with Crippen LogP contribution in [0.3, 0.4) is 0 Å². The van der Waals surface area contributed by atoms with Gasteiger partial charge < -0.3 is 25.0 Å². The van der Waals surface area contributed by atoms with Crippen molar-refractivity contribution in [2.24, 2.45) is 4.99 Å². The summed E-state index contributed by atoms with van der Waals surface area (Å²) in [5, 5.41) is 6.66. The molecule has 0 aliphatic carbocycles. The minimum atomic E-state index is 0. The van der Waals surface area contributed by atoms with Gasteiger partial charge in [0.15, 0.2) is 17.5 Å². The molecule has 27 heavy (non-hydrogen) atoms. The molecule has 2 N–H and O–H groups in total. The predicted octanol–water partition coefficient (Wildman–Crippen LogP) is 4.21. The first-order chi connectivity index (χ1) is 12.6. The number of rotatable bonds is 12. The topological polar surface area (TPSA) is 58.1 Å². The molecule has 0 aliphatic rings. The van der Waals surface area contributed by atoms with Crippen LogP contribution in [0, 0.1) is 0 Å². The SMILES string of the molecule is CCOc1ccc(NC(=NC)NCCCCCCCN(C)C)cc1OC.I. The molecule has 0 heterocycles. The maximum atomic E-state index is 5.55. The molecule has 0 bridgehead atoms. The van der Waals surface area contributed by atoms with Crippen LogP contribution in [0.25, 0.3) is 0 Å². The maximum Gasteiger partial charge on any atom is 0.195 e. The molecule has 0 amide bonds. The van der Waals surface area contributed by atoms with Gasteiger partial charge in [-0.25, -0.2) is 0 Å². The number of methoxy groups -OCH3 is 1. The number of nitrogens with zero attached hydrogens (tertiary/aromatic N) is 2. The van der Waals surface area contributed by atoms with Crippen molar-refractivity contribution in [2.75, 3.05) is 53.3 Å². The number of halogens is 1. The Balaban J connectivity index is 0.00000676. The van der Waals surface area contributed by atoms with Gasteiger partial charge in [0.05, 0.1) is 13.7 Å². The molecule has 0 saturated heterocycles. The quantitative estimate of drug-likeness (QED) is 0.198. The zero-order valence-electron chi connectivity index (χ0n) is 17.5. The fourth-order valence-electron chi connectivity index (χ4n) is 2.63. The molecule has 0 atom stereocenters. The summed E-state index contributed by atoms with van der Waals surface area (Å²) >= 11 is 0. The van der Waals surface area contributed by atoms with E-state index in [1.165, 1.54) is 32.2 Å². The first-order valence-electron chi connectivity index (χ1n) is 9.54. The minimum absolute atomic E-state index is 0. The molecular formula is C20H37IN4O2. The van der Waals surface area contributed by atoms with E-state index >= 15 is 0 Å². The van der Waals surface area contributed by atoms with Gasteiger partial charge in [-0.05, 0) is 52.5 Å². The standard InChI is InChI=1S/C20H36N4O2.HI/c1-6-26-18-13-12-17(16-19(18)25-5)23-20(21-2)22-14-10-8-7-9-11-15-24(3)4;/h12-13,16H,6-11,14-15H2,1-5H3,(H2,21,22,23);1H. The number of hydrogen-bond acceptors (Lipinski definition) is 4. The number of benzene rings is 1. The molecule has 0 aliphatic heterocycles. The van der Waals surface area contributed by atoms with Crippen LogP contribution in [-0.4, -0.2) is 58.8 Å². The van der Waals surface area contributed by atoms with Crippen LogP contribution in [-0.2, 0) is 0 Å². The van der Waals surface area contributed by atoms with Gasteiger partial charge in [-0.2, -0.15) is 0 Å². The highest BCUT2D eigenvalue weighted by Gasteiger charge is 2.06. The third-order valence-electron chi connectivity index (χ3n) is 4.02. The fraction of sp³-hybridized carbons (Fsp3) is 0.650. The summed E-state index contributed by atoms with van der Waals surface area (Å²) in [6.45, 7) is 4.67. The maximum absolute atomic E-state index is 5.55. The van der Waals surface area contributed by atoms with Crippen LogP contribution < -0.4 is 20.1 Å². The number of guanidine groups is 1. The number of aliphatic imine (C=N–C) groups is 1. The fourth-order valence-corrected chi connectivity index (χ4v) is 2.63. The molecule has 0 saturated carbocycles. The lowest BCUT2D eigenvalue weighted by molar-refractivity contribution is 0.311. The van der Waals surface area contributed by atoms with Gasteiger partial charge in [0.1, 0.15) is 0 Å². The second kappa shape index (κ2) is 15.8. The summed E-state index contributed by atoms with van der Waals surface area (Å²) in [6.07, 6.45) is 6.27. The van der Waals surface area contributed by atoms with E-state index in [9.17, 15) is 0 Å². The predicted molar refractivity (Wildman–Crippen MR) is 126 cm³/mol. The highest BCUT2D eigenvalue weighted by Crippen LogP contribution is 2.30. The van der Waals surface area contributed by atoms with E-state index in [-0.39, 0.29) is 24.0 Å². The average Bonchev–Trinajstić information content (AvgIpc) is 2.63. The van der Waals surface area contributed by atoms with Crippen LogP contribution >= 0.6 is 24.0 Å². The van der Waals surface area contributed by atoms with Crippen molar-refractivity contribution >= 4 is 35.6 Å². The summed E-state index contributed by atoms with van der Waals surface area (Å²) < 4.78 is 10.9. The molecule has 1 aromatic rings. The third kappa shape index (κ3) is 11.3. The van der Waals surface area contributed by atoms with Crippen molar-refractivity contribution < 1.29 is 9.47 Å². The number of unbranched alkanes of at least 4 members (excludes halogenated alkanes) is 4. The zero-order valence-corrected chi connectivity index (χ0v) is 19.8. The Morgan fingerprint density at radius 3 is 2.41 bits per heavy atom. The number of ether oxygens (including phenoxy) is 2. The van der Waals surface area contributed by atoms with Crippen LogP contribution in [0.5, 0.6) is 11.5 Å². The van der Waals surface area contributed by atoms with Gasteiger partial charge in [-0.3, -0.25) is 4.99 Å². The molecule has 0 fully saturated rings. The van der Waals surface area contributed by atoms with Crippen molar-refractivity contribution in [2.45, 2.75) is 39.0 Å². The van der Waals surface area contributed by atoms with E-state index in [1.807, 2.05) is 25.1 Å². The van der Waals surface area contributed by atoms with Crippen molar-refractivity contribution in [3.8, 4) is 11.5 Å². The summed E-state index contributed by atoms with van der Waals surface area (Å²) in [5.41, 5.74) is 0.919. The second-order valence-electron chi connectivity index (χ2n) is 6.49. The van der Waals surface area contributed by atoms with Gasteiger partial charge in [0.2, 0.25) is 0 Å². The number of hydrogen-bond donors (Lipinski definition) is 2. The third-order valence-corrected chi connectivity index (χ3v) is 4.02. The van der Waals surface area contributed by atoms with Gasteiger partial charge in [0, 0.05) is 25.3 Å². The summed E-state index contributed by atoms with van der Waals surface area (Å²) in [5.74, 6) is 2.23. The lowest BCUT2D eigenvalue weighted by Crippen LogP contribution is -2.31. The van der Waals surface area contributed by atoms with Gasteiger partial charge >= 0.3 is 0 Å². The molecule has 0 spiro atoms. The Bertz CT molecular complexity index is 539. The second-order valence-corrected chi connectivity index (χ2v) is 6.49. The molecule has 6 nitrogen and oxygen atoms in total. The summed E-state index contributed by atoms with van der Waals surface area (Å²) in [7, 11) is 7.68. The van der Waals surface area contributed by atoms with Crippen LogP contribution in [0.2, 0.25) is 0 Å². The highest BCUT2D eigenvalue weighted by molar-refractivity contribution is 14.0.